The van der Waals surface area contributed by atoms with Gasteiger partial charge >= 0.3 is 6.03 Å². The number of aromatic nitrogens is 3. The molecular weight excluding hydrogens is 285 g/mol. The number of nitrogens with one attached hydrogen (secondary N) is 2. The lowest BCUT2D eigenvalue weighted by Gasteiger charge is -2.14. The van der Waals surface area contributed by atoms with Crippen molar-refractivity contribution in [1.29, 1.82) is 0 Å². The maximum absolute atomic E-state index is 13.1. The molecule has 1 aromatic carbocycles. The SMILES string of the molecule is C[C@@H](CCc1cccc(F)c1)NC(=O)NCc1ncnn1C. The molecule has 1 heterocycles. The summed E-state index contributed by atoms with van der Waals surface area (Å²) in [5.41, 5.74) is 0.924. The van der Waals surface area contributed by atoms with E-state index in [0.717, 1.165) is 12.0 Å². The number of hydrogen-bond donors (Lipinski definition) is 2. The Morgan fingerprint density at radius 3 is 2.95 bits per heavy atom. The monoisotopic (exact) mass is 305 g/mol. The van der Waals surface area contributed by atoms with Crippen molar-refractivity contribution in [3.8, 4) is 0 Å². The van der Waals surface area contributed by atoms with Gasteiger partial charge in [0.2, 0.25) is 0 Å². The van der Waals surface area contributed by atoms with Crippen molar-refractivity contribution in [3.05, 3.63) is 47.8 Å². The van der Waals surface area contributed by atoms with Crippen molar-refractivity contribution in [2.24, 2.45) is 7.05 Å². The molecule has 0 saturated carbocycles. The standard InChI is InChI=1S/C15H20FN5O/c1-11(6-7-12-4-3-5-13(16)8-12)20-15(22)17-9-14-18-10-19-21(14)2/h3-5,8,10-11H,6-7,9H2,1-2H3,(H2,17,20,22)/t11-/m0/s1. The Morgan fingerprint density at radius 2 is 2.27 bits per heavy atom. The minimum Gasteiger partial charge on any atom is -0.336 e. The summed E-state index contributed by atoms with van der Waals surface area (Å²) in [5, 5.41) is 9.50. The molecule has 0 radical (unpaired) electrons. The first-order valence-corrected chi connectivity index (χ1v) is 7.16. The lowest BCUT2D eigenvalue weighted by molar-refractivity contribution is 0.236. The topological polar surface area (TPSA) is 71.8 Å². The molecule has 0 bridgehead atoms. The number of nitrogens with zero attached hydrogens (tertiary/aromatic N) is 3. The molecule has 0 aliphatic heterocycles. The third-order valence-electron chi connectivity index (χ3n) is 3.34. The van der Waals surface area contributed by atoms with Gasteiger partial charge in [0, 0.05) is 13.1 Å². The highest BCUT2D eigenvalue weighted by Gasteiger charge is 2.08. The quantitative estimate of drug-likeness (QED) is 0.854. The van der Waals surface area contributed by atoms with Crippen LogP contribution in [0.15, 0.2) is 30.6 Å². The number of benzene rings is 1. The summed E-state index contributed by atoms with van der Waals surface area (Å²) >= 11 is 0. The van der Waals surface area contributed by atoms with Gasteiger partial charge in [-0.1, -0.05) is 12.1 Å². The molecular formula is C15H20FN5O. The van der Waals surface area contributed by atoms with Gasteiger partial charge < -0.3 is 10.6 Å². The van der Waals surface area contributed by atoms with Gasteiger partial charge in [0.05, 0.1) is 6.54 Å². The van der Waals surface area contributed by atoms with Gasteiger partial charge in [-0.05, 0) is 37.5 Å². The van der Waals surface area contributed by atoms with Crippen LogP contribution < -0.4 is 10.6 Å². The second-order valence-electron chi connectivity index (χ2n) is 5.20. The van der Waals surface area contributed by atoms with E-state index in [9.17, 15) is 9.18 Å². The lowest BCUT2D eigenvalue weighted by atomic mass is 10.1. The lowest BCUT2D eigenvalue weighted by Crippen LogP contribution is -2.41. The van der Waals surface area contributed by atoms with Crippen molar-refractivity contribution in [2.45, 2.75) is 32.4 Å². The molecule has 2 N–H and O–H groups in total. The second-order valence-corrected chi connectivity index (χ2v) is 5.20. The van der Waals surface area contributed by atoms with Gasteiger partial charge in [-0.2, -0.15) is 5.10 Å². The largest absolute Gasteiger partial charge is 0.336 e. The Kier molecular flexibility index (Phi) is 5.46. The van der Waals surface area contributed by atoms with E-state index in [1.807, 2.05) is 13.0 Å². The second kappa shape index (κ2) is 7.53. The fourth-order valence-corrected chi connectivity index (χ4v) is 2.06. The van der Waals surface area contributed by atoms with Crippen LogP contribution in [-0.4, -0.2) is 26.8 Å². The summed E-state index contributed by atoms with van der Waals surface area (Å²) in [4.78, 5) is 15.8. The van der Waals surface area contributed by atoms with Crippen molar-refractivity contribution in [3.63, 3.8) is 0 Å². The van der Waals surface area contributed by atoms with E-state index in [2.05, 4.69) is 20.7 Å². The number of carbonyl (C=O) groups excluding carboxylic acids is 1. The van der Waals surface area contributed by atoms with E-state index in [1.165, 1.54) is 18.5 Å². The highest BCUT2D eigenvalue weighted by Crippen LogP contribution is 2.07. The molecule has 1 atom stereocenters. The molecule has 7 heteroatoms. The number of halogens is 1. The predicted octanol–water partition coefficient (Wildman–Crippen LogP) is 1.77. The first kappa shape index (κ1) is 15.9. The van der Waals surface area contributed by atoms with Gasteiger partial charge in [0.1, 0.15) is 18.0 Å². The van der Waals surface area contributed by atoms with Gasteiger partial charge in [0.15, 0.2) is 0 Å². The van der Waals surface area contributed by atoms with E-state index in [4.69, 9.17) is 0 Å². The van der Waals surface area contributed by atoms with Crippen LogP contribution in [-0.2, 0) is 20.0 Å². The molecule has 2 aromatic rings. The van der Waals surface area contributed by atoms with Crippen LogP contribution in [0.1, 0.15) is 24.7 Å². The number of amides is 2. The summed E-state index contributed by atoms with van der Waals surface area (Å²) in [5.74, 6) is 0.446. The highest BCUT2D eigenvalue weighted by molar-refractivity contribution is 5.74. The normalized spacial score (nSPS) is 12.0. The van der Waals surface area contributed by atoms with Crippen LogP contribution in [0, 0.1) is 5.82 Å². The Labute approximate surface area is 128 Å². The van der Waals surface area contributed by atoms with Crippen LogP contribution in [0.2, 0.25) is 0 Å². The number of carbonyl (C=O) groups is 1. The fourth-order valence-electron chi connectivity index (χ4n) is 2.06. The van der Waals surface area contributed by atoms with Gasteiger partial charge in [0.25, 0.3) is 0 Å². The van der Waals surface area contributed by atoms with Crippen LogP contribution >= 0.6 is 0 Å². The maximum Gasteiger partial charge on any atom is 0.315 e. The summed E-state index contributed by atoms with van der Waals surface area (Å²) < 4.78 is 14.7. The molecule has 0 fully saturated rings. The van der Waals surface area contributed by atoms with Gasteiger partial charge in [-0.25, -0.2) is 14.2 Å². The molecule has 118 valence electrons. The molecule has 0 aliphatic carbocycles. The minimum absolute atomic E-state index is 0.0113. The molecule has 2 amide bonds. The number of aryl methyl sites for hydroxylation is 2. The first-order valence-electron chi connectivity index (χ1n) is 7.16. The van der Waals surface area contributed by atoms with Crippen molar-refractivity contribution in [1.82, 2.24) is 25.4 Å². The molecule has 1 aromatic heterocycles. The van der Waals surface area contributed by atoms with Gasteiger partial charge in [-0.15, -0.1) is 0 Å². The molecule has 0 aliphatic rings. The van der Waals surface area contributed by atoms with E-state index in [-0.39, 0.29) is 17.9 Å². The van der Waals surface area contributed by atoms with E-state index in [1.54, 1.807) is 17.8 Å². The predicted molar refractivity (Wildman–Crippen MR) is 80.6 cm³/mol. The number of rotatable bonds is 6. The summed E-state index contributed by atoms with van der Waals surface area (Å²) in [6, 6.07) is 6.24. The Bertz CT molecular complexity index is 628. The molecule has 0 saturated heterocycles. The summed E-state index contributed by atoms with van der Waals surface area (Å²) in [6.45, 7) is 2.24. The Hall–Kier alpha value is -2.44. The smallest absolute Gasteiger partial charge is 0.315 e. The summed E-state index contributed by atoms with van der Waals surface area (Å²) in [6.07, 6.45) is 2.89. The van der Waals surface area contributed by atoms with Crippen molar-refractivity contribution < 1.29 is 9.18 Å². The molecule has 22 heavy (non-hydrogen) atoms. The fraction of sp³-hybridized carbons (Fsp3) is 0.400. The minimum atomic E-state index is -0.255. The summed E-state index contributed by atoms with van der Waals surface area (Å²) in [7, 11) is 1.77. The third kappa shape index (κ3) is 4.83. The van der Waals surface area contributed by atoms with Crippen LogP contribution in [0.5, 0.6) is 0 Å². The average Bonchev–Trinajstić information content (AvgIpc) is 2.88. The van der Waals surface area contributed by atoms with E-state index < -0.39 is 0 Å². The van der Waals surface area contributed by atoms with E-state index >= 15 is 0 Å². The van der Waals surface area contributed by atoms with Crippen molar-refractivity contribution >= 4 is 6.03 Å². The molecule has 0 unspecified atom stereocenters. The van der Waals surface area contributed by atoms with Gasteiger partial charge in [-0.3, -0.25) is 4.68 Å². The maximum atomic E-state index is 13.1. The average molecular weight is 305 g/mol. The number of hydrogen-bond acceptors (Lipinski definition) is 3. The zero-order valence-electron chi connectivity index (χ0n) is 12.7. The molecule has 2 rings (SSSR count). The third-order valence-corrected chi connectivity index (χ3v) is 3.34. The van der Waals surface area contributed by atoms with Crippen LogP contribution in [0.4, 0.5) is 9.18 Å². The molecule has 6 nitrogen and oxygen atoms in total. The van der Waals surface area contributed by atoms with Crippen molar-refractivity contribution in [2.75, 3.05) is 0 Å². The zero-order chi connectivity index (χ0) is 15.9. The molecule has 0 spiro atoms. The highest BCUT2D eigenvalue weighted by atomic mass is 19.1. The van der Waals surface area contributed by atoms with E-state index in [0.29, 0.717) is 18.8 Å². The Balaban J connectivity index is 1.71. The van der Waals surface area contributed by atoms with Crippen LogP contribution in [0.3, 0.4) is 0 Å². The Morgan fingerprint density at radius 1 is 1.45 bits per heavy atom. The van der Waals surface area contributed by atoms with Crippen LogP contribution in [0.25, 0.3) is 0 Å². The zero-order valence-corrected chi connectivity index (χ0v) is 12.7. The first-order chi connectivity index (χ1) is 10.5. The number of urea groups is 1.